The number of pyridine rings is 1. The summed E-state index contributed by atoms with van der Waals surface area (Å²) in [5.41, 5.74) is 9.03. The molecule has 0 amide bonds. The summed E-state index contributed by atoms with van der Waals surface area (Å²) in [6.07, 6.45) is 3.70. The summed E-state index contributed by atoms with van der Waals surface area (Å²) in [6.45, 7) is 0.673. The molecule has 8 nitrogen and oxygen atoms in total. The third-order valence-corrected chi connectivity index (χ3v) is 9.71. The number of hydrazone groups is 1. The predicted octanol–water partition coefficient (Wildman–Crippen LogP) is 10.9. The summed E-state index contributed by atoms with van der Waals surface area (Å²) >= 11 is 0. The minimum atomic E-state index is 0.673. The maximum Gasteiger partial charge on any atom is 0.175 e. The molecule has 8 heteroatoms. The van der Waals surface area contributed by atoms with Gasteiger partial charge in [0.2, 0.25) is 0 Å². The SMILES string of the molecule is CN1C=NN(c2cccc(N(c3ccc4c5ccccc5n(-c5ccccn5)c4c3)c3cccc4c3Oc3ccccc3N4c3ccccc3)c2)C1. The van der Waals surface area contributed by atoms with Crippen molar-refractivity contribution < 1.29 is 4.74 Å². The minimum Gasteiger partial charge on any atom is -0.451 e. The lowest BCUT2D eigenvalue weighted by Gasteiger charge is -2.36. The van der Waals surface area contributed by atoms with Crippen molar-refractivity contribution in [2.75, 3.05) is 28.5 Å². The van der Waals surface area contributed by atoms with Crippen molar-refractivity contribution in [3.05, 3.63) is 164 Å². The molecule has 6 aromatic carbocycles. The van der Waals surface area contributed by atoms with Gasteiger partial charge in [0, 0.05) is 41.1 Å². The van der Waals surface area contributed by atoms with E-state index in [1.165, 1.54) is 5.39 Å². The van der Waals surface area contributed by atoms with Crippen LogP contribution in [0.5, 0.6) is 11.5 Å². The van der Waals surface area contributed by atoms with Gasteiger partial charge in [-0.05, 0) is 84.9 Å². The standard InChI is InChI=1S/C44H33N7O/c1-47-29-46-48(30-47)32-15-11-16-33(27-32)49(34-24-25-36-35-17-5-6-18-37(35)51(41(36)28-34)43-23-9-10-26-45-43)39-20-12-21-40-44(39)52-42-22-8-7-19-38(42)50(40)31-13-3-2-4-14-31/h2-29H,30H2,1H3. The Morgan fingerprint density at radius 2 is 1.37 bits per heavy atom. The van der Waals surface area contributed by atoms with Crippen LogP contribution >= 0.6 is 0 Å². The predicted molar refractivity (Wildman–Crippen MR) is 212 cm³/mol. The van der Waals surface area contributed by atoms with E-state index in [1.54, 1.807) is 0 Å². The van der Waals surface area contributed by atoms with Crippen molar-refractivity contribution in [2.45, 2.75) is 0 Å². The van der Waals surface area contributed by atoms with E-state index in [1.807, 2.05) is 54.9 Å². The number of ether oxygens (including phenoxy) is 1. The Hall–Kier alpha value is -7.06. The third-order valence-electron chi connectivity index (χ3n) is 9.71. The molecule has 0 fully saturated rings. The Bertz CT molecular complexity index is 2640. The molecule has 0 N–H and O–H groups in total. The molecule has 0 aliphatic carbocycles. The van der Waals surface area contributed by atoms with E-state index < -0.39 is 0 Å². The molecule has 2 aliphatic rings. The van der Waals surface area contributed by atoms with E-state index >= 15 is 0 Å². The van der Waals surface area contributed by atoms with Crippen LogP contribution in [0.3, 0.4) is 0 Å². The number of nitrogens with zero attached hydrogens (tertiary/aromatic N) is 7. The van der Waals surface area contributed by atoms with Crippen molar-refractivity contribution in [3.63, 3.8) is 0 Å². The van der Waals surface area contributed by atoms with E-state index in [0.717, 1.165) is 73.5 Å². The van der Waals surface area contributed by atoms with E-state index in [-0.39, 0.29) is 0 Å². The van der Waals surface area contributed by atoms with Crippen LogP contribution in [0.1, 0.15) is 0 Å². The van der Waals surface area contributed by atoms with E-state index in [0.29, 0.717) is 6.67 Å². The van der Waals surface area contributed by atoms with Gasteiger partial charge in [0.15, 0.2) is 11.5 Å². The number of para-hydroxylation sites is 5. The number of anilines is 7. The minimum absolute atomic E-state index is 0.673. The van der Waals surface area contributed by atoms with E-state index in [4.69, 9.17) is 9.72 Å². The van der Waals surface area contributed by atoms with Crippen LogP contribution in [-0.4, -0.2) is 34.5 Å². The average Bonchev–Trinajstić information content (AvgIpc) is 3.79. The molecule has 0 bridgehead atoms. The third kappa shape index (κ3) is 4.84. The summed E-state index contributed by atoms with van der Waals surface area (Å²) in [4.78, 5) is 11.4. The zero-order chi connectivity index (χ0) is 34.6. The molecule has 0 radical (unpaired) electrons. The molecular weight excluding hydrogens is 643 g/mol. The molecule has 4 heterocycles. The maximum atomic E-state index is 6.92. The van der Waals surface area contributed by atoms with Crippen LogP contribution in [0.15, 0.2) is 169 Å². The molecule has 2 aliphatic heterocycles. The van der Waals surface area contributed by atoms with Crippen LogP contribution in [0, 0.1) is 0 Å². The number of benzene rings is 6. The molecule has 8 aromatic rings. The van der Waals surface area contributed by atoms with Crippen LogP contribution in [-0.2, 0) is 0 Å². The highest BCUT2D eigenvalue weighted by atomic mass is 16.5. The smallest absolute Gasteiger partial charge is 0.175 e. The van der Waals surface area contributed by atoms with Crippen LogP contribution < -0.4 is 19.5 Å². The summed E-state index contributed by atoms with van der Waals surface area (Å²) in [5, 5.41) is 9.00. The Balaban J connectivity index is 1.22. The first-order valence-electron chi connectivity index (χ1n) is 17.3. The van der Waals surface area contributed by atoms with Gasteiger partial charge in [0.25, 0.3) is 0 Å². The average molecular weight is 676 g/mol. The van der Waals surface area contributed by atoms with Crippen LogP contribution in [0.2, 0.25) is 0 Å². The van der Waals surface area contributed by atoms with Gasteiger partial charge in [0.1, 0.15) is 18.8 Å². The Kier molecular flexibility index (Phi) is 6.92. The fraction of sp³-hybridized carbons (Fsp3) is 0.0455. The molecule has 10 rings (SSSR count). The van der Waals surface area contributed by atoms with Gasteiger partial charge in [-0.2, -0.15) is 5.10 Å². The maximum absolute atomic E-state index is 6.92. The fourth-order valence-corrected chi connectivity index (χ4v) is 7.43. The monoisotopic (exact) mass is 675 g/mol. The first kappa shape index (κ1) is 29.8. The summed E-state index contributed by atoms with van der Waals surface area (Å²) < 4.78 is 9.17. The van der Waals surface area contributed by atoms with Crippen molar-refractivity contribution in [2.24, 2.45) is 5.10 Å². The highest BCUT2D eigenvalue weighted by molar-refractivity contribution is 6.10. The second kappa shape index (κ2) is 12.1. The lowest BCUT2D eigenvalue weighted by molar-refractivity contribution is 0.478. The molecule has 2 aromatic heterocycles. The van der Waals surface area contributed by atoms with Crippen LogP contribution in [0.4, 0.5) is 39.8 Å². The normalized spacial score (nSPS) is 13.4. The Morgan fingerprint density at radius 1 is 0.615 bits per heavy atom. The summed E-state index contributed by atoms with van der Waals surface area (Å²) in [6, 6.07) is 54.9. The van der Waals surface area contributed by atoms with E-state index in [2.05, 4.69) is 152 Å². The number of fused-ring (bicyclic) bond motifs is 5. The number of rotatable bonds is 6. The van der Waals surface area contributed by atoms with Gasteiger partial charge in [-0.15, -0.1) is 0 Å². The van der Waals surface area contributed by atoms with Gasteiger partial charge in [-0.25, -0.2) is 9.99 Å². The van der Waals surface area contributed by atoms with Gasteiger partial charge in [-0.3, -0.25) is 4.57 Å². The Labute approximate surface area is 301 Å². The van der Waals surface area contributed by atoms with E-state index in [9.17, 15) is 0 Å². The molecule has 250 valence electrons. The Morgan fingerprint density at radius 3 is 2.23 bits per heavy atom. The molecule has 0 saturated heterocycles. The second-order valence-corrected chi connectivity index (χ2v) is 13.0. The molecular formula is C44H33N7O. The van der Waals surface area contributed by atoms with Crippen molar-refractivity contribution >= 4 is 68.0 Å². The van der Waals surface area contributed by atoms with Gasteiger partial charge >= 0.3 is 0 Å². The quantitative estimate of drug-likeness (QED) is 0.175. The van der Waals surface area contributed by atoms with Gasteiger partial charge < -0.3 is 19.4 Å². The molecule has 0 atom stereocenters. The number of hydrogen-bond acceptors (Lipinski definition) is 7. The molecule has 0 spiro atoms. The number of aromatic nitrogens is 2. The second-order valence-electron chi connectivity index (χ2n) is 13.0. The van der Waals surface area contributed by atoms with Crippen molar-refractivity contribution in [1.29, 1.82) is 0 Å². The molecule has 52 heavy (non-hydrogen) atoms. The zero-order valence-corrected chi connectivity index (χ0v) is 28.4. The largest absolute Gasteiger partial charge is 0.451 e. The lowest BCUT2D eigenvalue weighted by Crippen LogP contribution is -2.23. The summed E-state index contributed by atoms with van der Waals surface area (Å²) in [7, 11) is 2.03. The lowest BCUT2D eigenvalue weighted by atomic mass is 10.1. The first-order chi connectivity index (χ1) is 25.7. The molecule has 0 unspecified atom stereocenters. The number of hydrogen-bond donors (Lipinski definition) is 0. The first-order valence-corrected chi connectivity index (χ1v) is 17.3. The topological polar surface area (TPSA) is 52.4 Å². The van der Waals surface area contributed by atoms with Crippen molar-refractivity contribution in [1.82, 2.24) is 14.5 Å². The highest BCUT2D eigenvalue weighted by Gasteiger charge is 2.31. The van der Waals surface area contributed by atoms with Crippen molar-refractivity contribution in [3.8, 4) is 17.3 Å². The van der Waals surface area contributed by atoms with Gasteiger partial charge in [0.05, 0.1) is 33.8 Å². The van der Waals surface area contributed by atoms with Crippen LogP contribution in [0.25, 0.3) is 27.6 Å². The summed E-state index contributed by atoms with van der Waals surface area (Å²) in [5.74, 6) is 2.42. The fourth-order valence-electron chi connectivity index (χ4n) is 7.43. The highest BCUT2D eigenvalue weighted by Crippen LogP contribution is 2.55. The van der Waals surface area contributed by atoms with Gasteiger partial charge in [-0.1, -0.05) is 72.8 Å². The molecule has 0 saturated carbocycles. The zero-order valence-electron chi connectivity index (χ0n) is 28.4.